The van der Waals surface area contributed by atoms with Gasteiger partial charge in [-0.1, -0.05) is 62.4 Å². The molecule has 1 amide bonds. The number of aromatic amines is 1. The molecule has 5 rings (SSSR count). The molecular weight excluding hydrogens is 640 g/mol. The zero-order chi connectivity index (χ0) is 34.4. The maximum Gasteiger partial charge on any atom is 0.416 e. The SMILES string of the molecule is CCN(CC)CCN(Cc1ccc(-c2ccc(C(F)(F)F)cc2)cc1)C(=O)C[n+]1c(CCc2ccc(F)cc2)[nH]c(=O)c2c(C)csc21. The highest BCUT2D eigenvalue weighted by atomic mass is 32.1. The number of carbonyl (C=O) groups is 1. The van der Waals surface area contributed by atoms with Crippen molar-refractivity contribution >= 4 is 27.5 Å². The minimum atomic E-state index is -4.39. The van der Waals surface area contributed by atoms with E-state index in [0.717, 1.165) is 52.3 Å². The first-order valence-electron chi connectivity index (χ1n) is 16.0. The van der Waals surface area contributed by atoms with Gasteiger partial charge in [0.05, 0.1) is 12.0 Å². The van der Waals surface area contributed by atoms with Crippen LogP contribution in [0.5, 0.6) is 0 Å². The van der Waals surface area contributed by atoms with Gasteiger partial charge in [-0.3, -0.25) is 4.79 Å². The van der Waals surface area contributed by atoms with Crippen LogP contribution in [-0.2, 0) is 36.9 Å². The lowest BCUT2D eigenvalue weighted by Gasteiger charge is -2.26. The Hall–Kier alpha value is -4.35. The fraction of sp³-hybridized carbons (Fsp3) is 0.324. The second-order valence-corrected chi connectivity index (χ2v) is 12.7. The first-order valence-corrected chi connectivity index (χ1v) is 16.9. The number of hydrogen-bond donors (Lipinski definition) is 1. The Balaban J connectivity index is 1.41. The Morgan fingerprint density at radius 1 is 0.854 bits per heavy atom. The monoisotopic (exact) mass is 679 g/mol. The largest absolute Gasteiger partial charge is 0.416 e. The van der Waals surface area contributed by atoms with Gasteiger partial charge in [0.1, 0.15) is 11.2 Å². The van der Waals surface area contributed by atoms with Crippen LogP contribution in [0.15, 0.2) is 83.0 Å². The molecule has 2 heterocycles. The van der Waals surface area contributed by atoms with Crippen LogP contribution in [0.2, 0.25) is 0 Å². The summed E-state index contributed by atoms with van der Waals surface area (Å²) < 4.78 is 54.5. The molecule has 0 bridgehead atoms. The molecule has 0 saturated carbocycles. The van der Waals surface area contributed by atoms with E-state index in [9.17, 15) is 27.2 Å². The van der Waals surface area contributed by atoms with E-state index >= 15 is 0 Å². The number of amides is 1. The molecule has 252 valence electrons. The predicted molar refractivity (Wildman–Crippen MR) is 181 cm³/mol. The molecule has 0 aliphatic carbocycles. The quantitative estimate of drug-likeness (QED) is 0.106. The van der Waals surface area contributed by atoms with Gasteiger partial charge < -0.3 is 9.80 Å². The number of aryl methyl sites for hydroxylation is 3. The number of thiophene rings is 1. The highest BCUT2D eigenvalue weighted by Crippen LogP contribution is 2.31. The van der Waals surface area contributed by atoms with Gasteiger partial charge >= 0.3 is 11.7 Å². The molecule has 0 spiro atoms. The minimum Gasteiger partial charge on any atom is -0.334 e. The third-order valence-electron chi connectivity index (χ3n) is 8.67. The number of benzene rings is 3. The van der Waals surface area contributed by atoms with Crippen molar-refractivity contribution in [1.82, 2.24) is 14.8 Å². The van der Waals surface area contributed by atoms with E-state index in [1.165, 1.54) is 35.6 Å². The average Bonchev–Trinajstić information content (AvgIpc) is 3.47. The van der Waals surface area contributed by atoms with Crippen LogP contribution >= 0.6 is 11.3 Å². The lowest BCUT2D eigenvalue weighted by molar-refractivity contribution is -0.668. The van der Waals surface area contributed by atoms with Gasteiger partial charge in [0.2, 0.25) is 0 Å². The standard InChI is InChI=1S/C37H38F4N4O2S/c1-4-43(5-2)20-21-44(22-27-6-11-28(12-7-27)29-13-15-30(16-14-29)37(39,40)41)33(46)23-45-32(19-10-26-8-17-31(38)18-9-26)42-35(47)34-25(3)24-48-36(34)45/h6-9,11-18,24H,4-5,10,19-23H2,1-3H3/p+1. The number of alkyl halides is 3. The molecule has 0 aliphatic rings. The number of halogens is 4. The Bertz CT molecular complexity index is 1900. The summed E-state index contributed by atoms with van der Waals surface area (Å²) in [6.07, 6.45) is -3.39. The number of rotatable bonds is 13. The second kappa shape index (κ2) is 15.3. The fourth-order valence-electron chi connectivity index (χ4n) is 5.77. The third kappa shape index (κ3) is 8.38. The smallest absolute Gasteiger partial charge is 0.334 e. The molecule has 0 atom stereocenters. The van der Waals surface area contributed by atoms with Crippen LogP contribution in [0.4, 0.5) is 17.6 Å². The topological polar surface area (TPSA) is 60.3 Å². The Labute approximate surface area is 281 Å². The van der Waals surface area contributed by atoms with Crippen LogP contribution in [0.3, 0.4) is 0 Å². The van der Waals surface area contributed by atoms with Gasteiger partial charge in [0.25, 0.3) is 11.7 Å². The van der Waals surface area contributed by atoms with Crippen molar-refractivity contribution in [2.75, 3.05) is 26.2 Å². The van der Waals surface area contributed by atoms with Gasteiger partial charge in [0.15, 0.2) is 11.4 Å². The number of hydrogen-bond acceptors (Lipinski definition) is 4. The molecule has 0 unspecified atom stereocenters. The molecule has 0 radical (unpaired) electrons. The molecule has 48 heavy (non-hydrogen) atoms. The third-order valence-corrected chi connectivity index (χ3v) is 9.79. The van der Waals surface area contributed by atoms with E-state index < -0.39 is 11.7 Å². The first-order chi connectivity index (χ1) is 23.0. The molecule has 0 aliphatic heterocycles. The fourth-order valence-corrected chi connectivity index (χ4v) is 6.85. The van der Waals surface area contributed by atoms with Crippen LogP contribution in [0.1, 0.15) is 41.9 Å². The molecular formula is C37H39F4N4O2S+. The molecule has 11 heteroatoms. The van der Waals surface area contributed by atoms with Crippen LogP contribution in [-0.4, -0.2) is 46.9 Å². The number of H-pyrrole nitrogens is 1. The zero-order valence-corrected chi connectivity index (χ0v) is 28.1. The summed E-state index contributed by atoms with van der Waals surface area (Å²) >= 11 is 1.43. The lowest BCUT2D eigenvalue weighted by atomic mass is 10.0. The highest BCUT2D eigenvalue weighted by molar-refractivity contribution is 7.16. The number of likely N-dealkylation sites (N-methyl/N-ethyl adjacent to an activating group) is 1. The van der Waals surface area contributed by atoms with E-state index in [2.05, 4.69) is 23.7 Å². The normalized spacial score (nSPS) is 11.8. The van der Waals surface area contributed by atoms with Crippen LogP contribution < -0.4 is 10.1 Å². The summed E-state index contributed by atoms with van der Waals surface area (Å²) in [5, 5.41) is 2.48. The van der Waals surface area contributed by atoms with Crippen molar-refractivity contribution in [3.63, 3.8) is 0 Å². The van der Waals surface area contributed by atoms with Crippen LogP contribution in [0, 0.1) is 12.7 Å². The van der Waals surface area contributed by atoms with Crippen molar-refractivity contribution in [3.05, 3.63) is 122 Å². The van der Waals surface area contributed by atoms with Gasteiger partial charge in [-0.2, -0.15) is 13.2 Å². The van der Waals surface area contributed by atoms with Crippen molar-refractivity contribution < 1.29 is 26.9 Å². The van der Waals surface area contributed by atoms with E-state index in [4.69, 9.17) is 0 Å². The van der Waals surface area contributed by atoms with E-state index in [0.29, 0.717) is 49.2 Å². The summed E-state index contributed by atoms with van der Waals surface area (Å²) in [7, 11) is 0. The van der Waals surface area contributed by atoms with Crippen molar-refractivity contribution in [3.8, 4) is 11.1 Å². The maximum atomic E-state index is 14.2. The van der Waals surface area contributed by atoms with E-state index in [-0.39, 0.29) is 23.8 Å². The predicted octanol–water partition coefficient (Wildman–Crippen LogP) is 7.17. The summed E-state index contributed by atoms with van der Waals surface area (Å²) in [5.74, 6) is 0.195. The van der Waals surface area contributed by atoms with Crippen molar-refractivity contribution in [2.45, 2.75) is 52.9 Å². The summed E-state index contributed by atoms with van der Waals surface area (Å²) in [6.45, 7) is 9.26. The average molecular weight is 680 g/mol. The Kier molecular flexibility index (Phi) is 11.1. The summed E-state index contributed by atoms with van der Waals surface area (Å²) in [5.41, 5.74) is 3.19. The Morgan fingerprint density at radius 2 is 1.46 bits per heavy atom. The number of aromatic nitrogens is 2. The van der Waals surface area contributed by atoms with E-state index in [1.54, 1.807) is 12.1 Å². The molecule has 1 N–H and O–H groups in total. The number of carbonyl (C=O) groups excluding carboxylic acids is 1. The van der Waals surface area contributed by atoms with Gasteiger partial charge in [0, 0.05) is 19.6 Å². The summed E-state index contributed by atoms with van der Waals surface area (Å²) in [6, 6.07) is 18.8. The molecule has 6 nitrogen and oxygen atoms in total. The molecule has 2 aromatic heterocycles. The molecule has 0 fully saturated rings. The van der Waals surface area contributed by atoms with Gasteiger partial charge in [-0.15, -0.1) is 11.3 Å². The second-order valence-electron chi connectivity index (χ2n) is 11.8. The zero-order valence-electron chi connectivity index (χ0n) is 27.2. The van der Waals surface area contributed by atoms with Gasteiger partial charge in [-0.25, -0.2) is 18.7 Å². The van der Waals surface area contributed by atoms with Crippen molar-refractivity contribution in [2.24, 2.45) is 0 Å². The van der Waals surface area contributed by atoms with Gasteiger partial charge in [-0.05, 0) is 83.9 Å². The number of nitrogens with one attached hydrogen (secondary N) is 1. The highest BCUT2D eigenvalue weighted by Gasteiger charge is 2.30. The number of nitrogens with zero attached hydrogens (tertiary/aromatic N) is 3. The molecule has 3 aromatic carbocycles. The van der Waals surface area contributed by atoms with E-state index in [1.807, 2.05) is 46.0 Å². The Morgan fingerprint density at radius 3 is 2.06 bits per heavy atom. The van der Waals surface area contributed by atoms with Crippen molar-refractivity contribution in [1.29, 1.82) is 0 Å². The minimum absolute atomic E-state index is 0.0217. The van der Waals surface area contributed by atoms with Crippen LogP contribution in [0.25, 0.3) is 21.3 Å². The maximum absolute atomic E-state index is 14.2. The lowest BCUT2D eigenvalue weighted by Crippen LogP contribution is -2.50. The molecule has 5 aromatic rings. The number of fused-ring (bicyclic) bond motifs is 1. The summed E-state index contributed by atoms with van der Waals surface area (Å²) in [4.78, 5) is 35.1. The molecule has 0 saturated heterocycles. The first kappa shape index (κ1) is 35.0.